The number of thioether (sulfide) groups is 1. The minimum Gasteiger partial charge on any atom is -0.271 e. The number of nitrogens with one attached hydrogen (secondary N) is 1. The predicted molar refractivity (Wildman–Crippen MR) is 63.1 cm³/mol. The average Bonchev–Trinajstić information content (AvgIpc) is 2.25. The lowest BCUT2D eigenvalue weighted by Gasteiger charge is -2.12. The summed E-state index contributed by atoms with van der Waals surface area (Å²) in [5.74, 6) is 6.38. The Labute approximate surface area is 89.5 Å². The standard InChI is InChI=1S/C11H16N2S/c1-2-6-10(13-12)9-14-11-7-4-3-5-8-11/h2-5,7-8,10,13H,1,6,9,12H2. The second kappa shape index (κ2) is 6.65. The largest absolute Gasteiger partial charge is 0.271 e. The van der Waals surface area contributed by atoms with Crippen LogP contribution in [-0.2, 0) is 0 Å². The van der Waals surface area contributed by atoms with Gasteiger partial charge in [-0.15, -0.1) is 18.3 Å². The first-order valence-electron chi connectivity index (χ1n) is 4.61. The molecule has 0 aliphatic heterocycles. The van der Waals surface area contributed by atoms with E-state index >= 15 is 0 Å². The first-order chi connectivity index (χ1) is 6.86. The zero-order valence-corrected chi connectivity index (χ0v) is 8.96. The van der Waals surface area contributed by atoms with Crippen LogP contribution in [0.4, 0.5) is 0 Å². The van der Waals surface area contributed by atoms with E-state index in [2.05, 4.69) is 24.1 Å². The number of rotatable bonds is 6. The number of nitrogens with two attached hydrogens (primary N) is 1. The van der Waals surface area contributed by atoms with Crippen LogP contribution < -0.4 is 11.3 Å². The molecule has 1 aromatic carbocycles. The van der Waals surface area contributed by atoms with E-state index in [0.29, 0.717) is 6.04 Å². The van der Waals surface area contributed by atoms with Crippen LogP contribution in [0.3, 0.4) is 0 Å². The summed E-state index contributed by atoms with van der Waals surface area (Å²) in [5.41, 5.74) is 2.78. The van der Waals surface area contributed by atoms with Gasteiger partial charge in [0.2, 0.25) is 0 Å². The molecular formula is C11H16N2S. The number of hydrogen-bond donors (Lipinski definition) is 2. The van der Waals surface area contributed by atoms with Crippen molar-refractivity contribution in [2.24, 2.45) is 5.84 Å². The summed E-state index contributed by atoms with van der Waals surface area (Å²) in [7, 11) is 0. The molecule has 3 heteroatoms. The molecule has 0 spiro atoms. The highest BCUT2D eigenvalue weighted by Gasteiger charge is 2.04. The summed E-state index contributed by atoms with van der Waals surface area (Å²) in [4.78, 5) is 1.27. The van der Waals surface area contributed by atoms with Gasteiger partial charge in [0.25, 0.3) is 0 Å². The van der Waals surface area contributed by atoms with Crippen LogP contribution in [0, 0.1) is 0 Å². The molecule has 1 atom stereocenters. The lowest BCUT2D eigenvalue weighted by molar-refractivity contribution is 0.585. The SMILES string of the molecule is C=CCC(CSc1ccccc1)NN. The molecule has 0 aromatic heterocycles. The van der Waals surface area contributed by atoms with E-state index in [1.54, 1.807) is 11.8 Å². The number of hydrogen-bond acceptors (Lipinski definition) is 3. The van der Waals surface area contributed by atoms with Crippen LogP contribution in [0.1, 0.15) is 6.42 Å². The molecule has 0 radical (unpaired) electrons. The van der Waals surface area contributed by atoms with Crippen molar-refractivity contribution in [2.75, 3.05) is 5.75 Å². The molecule has 0 bridgehead atoms. The summed E-state index contributed by atoms with van der Waals surface area (Å²) < 4.78 is 0. The molecule has 0 saturated heterocycles. The van der Waals surface area contributed by atoms with Crippen molar-refractivity contribution in [3.05, 3.63) is 43.0 Å². The molecule has 0 saturated carbocycles. The summed E-state index contributed by atoms with van der Waals surface area (Å²) >= 11 is 1.80. The van der Waals surface area contributed by atoms with Crippen molar-refractivity contribution in [3.8, 4) is 0 Å². The Balaban J connectivity index is 2.35. The van der Waals surface area contributed by atoms with Gasteiger partial charge in [-0.2, -0.15) is 0 Å². The smallest absolute Gasteiger partial charge is 0.0338 e. The van der Waals surface area contributed by atoms with Crippen molar-refractivity contribution in [1.29, 1.82) is 0 Å². The zero-order chi connectivity index (χ0) is 10.2. The Kier molecular flexibility index (Phi) is 5.37. The van der Waals surface area contributed by atoms with E-state index in [-0.39, 0.29) is 0 Å². The van der Waals surface area contributed by atoms with Crippen LogP contribution in [0.5, 0.6) is 0 Å². The molecule has 2 nitrogen and oxygen atoms in total. The Morgan fingerprint density at radius 2 is 2.14 bits per heavy atom. The lowest BCUT2D eigenvalue weighted by Crippen LogP contribution is -2.36. The van der Waals surface area contributed by atoms with E-state index in [0.717, 1.165) is 12.2 Å². The highest BCUT2D eigenvalue weighted by Crippen LogP contribution is 2.18. The normalized spacial score (nSPS) is 12.4. The molecule has 0 heterocycles. The van der Waals surface area contributed by atoms with Gasteiger partial charge < -0.3 is 0 Å². The lowest BCUT2D eigenvalue weighted by atomic mass is 10.2. The highest BCUT2D eigenvalue weighted by molar-refractivity contribution is 7.99. The molecule has 1 unspecified atom stereocenters. The number of benzene rings is 1. The first-order valence-corrected chi connectivity index (χ1v) is 5.60. The topological polar surface area (TPSA) is 38.0 Å². The second-order valence-electron chi connectivity index (χ2n) is 3.01. The van der Waals surface area contributed by atoms with Gasteiger partial charge in [-0.05, 0) is 18.6 Å². The zero-order valence-electron chi connectivity index (χ0n) is 8.15. The van der Waals surface area contributed by atoms with E-state index in [1.165, 1.54) is 4.90 Å². The van der Waals surface area contributed by atoms with Gasteiger partial charge in [-0.25, -0.2) is 0 Å². The maximum absolute atomic E-state index is 5.41. The Bertz CT molecular complexity index is 261. The molecule has 1 aromatic rings. The van der Waals surface area contributed by atoms with E-state index < -0.39 is 0 Å². The quantitative estimate of drug-likeness (QED) is 0.326. The molecule has 0 aliphatic carbocycles. The third-order valence-electron chi connectivity index (χ3n) is 1.88. The van der Waals surface area contributed by atoms with Crippen LogP contribution in [0.2, 0.25) is 0 Å². The molecule has 3 N–H and O–H groups in total. The molecule has 0 amide bonds. The summed E-state index contributed by atoms with van der Waals surface area (Å²) in [5, 5.41) is 0. The molecule has 14 heavy (non-hydrogen) atoms. The summed E-state index contributed by atoms with van der Waals surface area (Å²) in [6, 6.07) is 10.6. The Morgan fingerprint density at radius 3 is 2.71 bits per heavy atom. The minimum absolute atomic E-state index is 0.303. The van der Waals surface area contributed by atoms with Crippen LogP contribution >= 0.6 is 11.8 Å². The van der Waals surface area contributed by atoms with Crippen molar-refractivity contribution in [1.82, 2.24) is 5.43 Å². The van der Waals surface area contributed by atoms with Gasteiger partial charge in [-0.1, -0.05) is 24.3 Å². The predicted octanol–water partition coefficient (Wildman–Crippen LogP) is 2.19. The van der Waals surface area contributed by atoms with Crippen LogP contribution in [-0.4, -0.2) is 11.8 Å². The Hall–Kier alpha value is -0.770. The molecule has 76 valence electrons. The van der Waals surface area contributed by atoms with Gasteiger partial charge in [0.05, 0.1) is 0 Å². The van der Waals surface area contributed by atoms with Crippen molar-refractivity contribution >= 4 is 11.8 Å². The second-order valence-corrected chi connectivity index (χ2v) is 4.11. The monoisotopic (exact) mass is 208 g/mol. The third kappa shape index (κ3) is 3.96. The maximum atomic E-state index is 5.41. The maximum Gasteiger partial charge on any atom is 0.0338 e. The van der Waals surface area contributed by atoms with Gasteiger partial charge in [0.1, 0.15) is 0 Å². The van der Waals surface area contributed by atoms with Gasteiger partial charge in [0.15, 0.2) is 0 Å². The van der Waals surface area contributed by atoms with Crippen LogP contribution in [0.25, 0.3) is 0 Å². The van der Waals surface area contributed by atoms with E-state index in [9.17, 15) is 0 Å². The summed E-state index contributed by atoms with van der Waals surface area (Å²) in [6.45, 7) is 3.70. The van der Waals surface area contributed by atoms with Gasteiger partial charge in [-0.3, -0.25) is 11.3 Å². The molecular weight excluding hydrogens is 192 g/mol. The molecule has 0 aliphatic rings. The van der Waals surface area contributed by atoms with E-state index in [1.807, 2.05) is 24.3 Å². The Morgan fingerprint density at radius 1 is 1.43 bits per heavy atom. The van der Waals surface area contributed by atoms with Crippen molar-refractivity contribution < 1.29 is 0 Å². The van der Waals surface area contributed by atoms with Gasteiger partial charge in [0, 0.05) is 16.7 Å². The van der Waals surface area contributed by atoms with E-state index in [4.69, 9.17) is 5.84 Å². The van der Waals surface area contributed by atoms with Gasteiger partial charge >= 0.3 is 0 Å². The molecule has 0 fully saturated rings. The fourth-order valence-electron chi connectivity index (χ4n) is 1.10. The fourth-order valence-corrected chi connectivity index (χ4v) is 2.07. The molecule has 1 rings (SSSR count). The minimum atomic E-state index is 0.303. The average molecular weight is 208 g/mol. The highest BCUT2D eigenvalue weighted by atomic mass is 32.2. The van der Waals surface area contributed by atoms with Crippen LogP contribution in [0.15, 0.2) is 47.9 Å². The fraction of sp³-hybridized carbons (Fsp3) is 0.273. The van der Waals surface area contributed by atoms with Crippen molar-refractivity contribution in [2.45, 2.75) is 17.4 Å². The van der Waals surface area contributed by atoms with Crippen molar-refractivity contribution in [3.63, 3.8) is 0 Å². The third-order valence-corrected chi connectivity index (χ3v) is 3.06. The number of hydrazine groups is 1. The first kappa shape index (κ1) is 11.3. The summed E-state index contributed by atoms with van der Waals surface area (Å²) in [6.07, 6.45) is 2.78.